The summed E-state index contributed by atoms with van der Waals surface area (Å²) in [5, 5.41) is 45.3. The number of carboxylic acid groups (broad SMARTS) is 1. The Kier molecular flexibility index (Phi) is 15.5. The highest BCUT2D eigenvalue weighted by Gasteiger charge is 2.40. The van der Waals surface area contributed by atoms with Gasteiger partial charge in [0, 0.05) is 13.3 Å². The van der Waals surface area contributed by atoms with Crippen LogP contribution in [0.5, 0.6) is 0 Å². The number of amides is 5. The summed E-state index contributed by atoms with van der Waals surface area (Å²) in [5.41, 5.74) is 10.7. The largest absolute Gasteiger partial charge is 0.480 e. The topological polar surface area (TPSA) is 298 Å². The lowest BCUT2D eigenvalue weighted by Gasteiger charge is -2.34. The van der Waals surface area contributed by atoms with E-state index >= 15 is 0 Å². The van der Waals surface area contributed by atoms with E-state index in [4.69, 9.17) is 16.2 Å². The molecule has 0 rings (SSSR count). The third-order valence-electron chi connectivity index (χ3n) is 5.81. The number of primary amides is 2. The molecule has 17 heteroatoms. The van der Waals surface area contributed by atoms with E-state index in [0.29, 0.717) is 0 Å². The first-order chi connectivity index (χ1) is 18.5. The zero-order valence-corrected chi connectivity index (χ0v) is 22.6. The molecule has 40 heavy (non-hydrogen) atoms. The maximum absolute atomic E-state index is 12.9. The molecule has 0 saturated heterocycles. The number of aldehydes is 1. The van der Waals surface area contributed by atoms with E-state index in [9.17, 15) is 54.0 Å². The molecule has 0 aromatic carbocycles. The first-order valence-electron chi connectivity index (χ1n) is 12.2. The third-order valence-corrected chi connectivity index (χ3v) is 5.81. The van der Waals surface area contributed by atoms with Gasteiger partial charge in [-0.1, -0.05) is 20.8 Å². The van der Waals surface area contributed by atoms with Crippen LogP contribution < -0.4 is 27.4 Å². The summed E-state index contributed by atoms with van der Waals surface area (Å²) < 4.78 is 5.42. The number of nitrogens with one attached hydrogen (secondary N) is 3. The number of ether oxygens (including phenoxy) is 1. The highest BCUT2D eigenvalue weighted by atomic mass is 16.5. The Hall–Kier alpha value is -3.67. The van der Waals surface area contributed by atoms with Crippen molar-refractivity contribution in [3.8, 4) is 0 Å². The van der Waals surface area contributed by atoms with Gasteiger partial charge < -0.3 is 57.4 Å². The van der Waals surface area contributed by atoms with Crippen LogP contribution in [-0.4, -0.2) is 111 Å². The van der Waals surface area contributed by atoms with Crippen LogP contribution in [0.15, 0.2) is 0 Å². The molecule has 8 atom stereocenters. The number of aliphatic hydroxyl groups excluding tert-OH is 3. The van der Waals surface area contributed by atoms with Crippen LogP contribution in [-0.2, 0) is 38.3 Å². The van der Waals surface area contributed by atoms with Crippen molar-refractivity contribution in [1.82, 2.24) is 16.0 Å². The number of rotatable bonds is 19. The molecule has 5 amide bonds. The molecule has 17 nitrogen and oxygen atoms in total. The van der Waals surface area contributed by atoms with Crippen molar-refractivity contribution in [2.24, 2.45) is 23.3 Å². The number of carbonyl (C=O) groups excluding carboxylic acids is 6. The first-order valence-corrected chi connectivity index (χ1v) is 12.2. The van der Waals surface area contributed by atoms with E-state index in [1.54, 1.807) is 13.8 Å². The number of hydrogen-bond donors (Lipinski definition) is 9. The average molecular weight is 578 g/mol. The van der Waals surface area contributed by atoms with Gasteiger partial charge in [0.2, 0.25) is 29.5 Å². The molecule has 0 aliphatic carbocycles. The second-order valence-corrected chi connectivity index (χ2v) is 9.44. The van der Waals surface area contributed by atoms with Crippen LogP contribution in [0.1, 0.15) is 40.5 Å². The normalized spacial score (nSPS) is 17.2. The smallest absolute Gasteiger partial charge is 0.326 e. The van der Waals surface area contributed by atoms with E-state index in [1.165, 1.54) is 0 Å². The van der Waals surface area contributed by atoms with Crippen LogP contribution in [0.4, 0.5) is 0 Å². The average Bonchev–Trinajstić information content (AvgIpc) is 2.86. The Morgan fingerprint density at radius 1 is 0.950 bits per heavy atom. The van der Waals surface area contributed by atoms with Crippen LogP contribution in [0.25, 0.3) is 0 Å². The number of carboxylic acids is 1. The molecular formula is C23H39N5O12. The SMILES string of the molecule is CC(=O)N[C@@H](C=O)[C@@H](OC(C(N)=O)C(C)C(=O)NC(CCC(=O)NC(C(=O)O)C(C)C)C(N)=O)[C@H](O)[C@H](O)CO. The molecule has 0 heterocycles. The fourth-order valence-corrected chi connectivity index (χ4v) is 3.49. The van der Waals surface area contributed by atoms with Crippen LogP contribution >= 0.6 is 0 Å². The van der Waals surface area contributed by atoms with Gasteiger partial charge in [0.1, 0.15) is 48.8 Å². The predicted octanol–water partition coefficient (Wildman–Crippen LogP) is -4.75. The van der Waals surface area contributed by atoms with Crippen LogP contribution in [0.3, 0.4) is 0 Å². The molecule has 0 aliphatic heterocycles. The molecule has 11 N–H and O–H groups in total. The number of nitrogens with two attached hydrogens (primary N) is 2. The standard InChI is InChI=1S/C23H39N5O12/c1-9(2)16(23(38)39)28-15(33)6-5-12(20(24)35)27-22(37)10(3)18(21(25)36)40-19(17(34)14(32)8-30)13(7-29)26-11(4)31/h7,9-10,12-14,16-19,30,32,34H,5-6,8H2,1-4H3,(H2,24,35)(H2,25,36)(H,26,31)(H,27,37)(H,28,33)(H,38,39)/t10?,12?,13-,14+,16?,17+,18?,19+/m0/s1. The van der Waals surface area contributed by atoms with Crippen molar-refractivity contribution in [3.63, 3.8) is 0 Å². The Labute approximate surface area is 230 Å². The molecule has 0 aromatic rings. The molecule has 0 fully saturated rings. The van der Waals surface area contributed by atoms with Crippen LogP contribution in [0.2, 0.25) is 0 Å². The van der Waals surface area contributed by atoms with Gasteiger partial charge >= 0.3 is 5.97 Å². The minimum atomic E-state index is -2.04. The minimum Gasteiger partial charge on any atom is -0.480 e. The minimum absolute atomic E-state index is 0.130. The summed E-state index contributed by atoms with van der Waals surface area (Å²) in [6.45, 7) is 4.31. The maximum atomic E-state index is 12.9. The summed E-state index contributed by atoms with van der Waals surface area (Å²) in [4.78, 5) is 83.5. The zero-order chi connectivity index (χ0) is 31.3. The predicted molar refractivity (Wildman–Crippen MR) is 135 cm³/mol. The van der Waals surface area contributed by atoms with Gasteiger partial charge in [0.15, 0.2) is 0 Å². The number of aliphatic hydroxyl groups is 3. The Balaban J connectivity index is 5.74. The quantitative estimate of drug-likeness (QED) is 0.0654. The van der Waals surface area contributed by atoms with Gasteiger partial charge in [-0.2, -0.15) is 0 Å². The second-order valence-electron chi connectivity index (χ2n) is 9.44. The van der Waals surface area contributed by atoms with Crippen molar-refractivity contribution in [1.29, 1.82) is 0 Å². The molecule has 0 aliphatic rings. The van der Waals surface area contributed by atoms with Gasteiger partial charge in [0.25, 0.3) is 0 Å². The summed E-state index contributed by atoms with van der Waals surface area (Å²) in [7, 11) is 0. The second kappa shape index (κ2) is 17.1. The first kappa shape index (κ1) is 36.3. The lowest BCUT2D eigenvalue weighted by molar-refractivity contribution is -0.167. The Morgan fingerprint density at radius 2 is 1.52 bits per heavy atom. The number of carbonyl (C=O) groups is 7. The van der Waals surface area contributed by atoms with Crippen molar-refractivity contribution < 1.29 is 58.7 Å². The van der Waals surface area contributed by atoms with Gasteiger partial charge in [-0.25, -0.2) is 4.79 Å². The summed E-state index contributed by atoms with van der Waals surface area (Å²) in [5.74, 6) is -8.07. The molecular weight excluding hydrogens is 538 g/mol. The molecule has 4 unspecified atom stereocenters. The van der Waals surface area contributed by atoms with Gasteiger partial charge in [-0.05, 0) is 12.3 Å². The summed E-state index contributed by atoms with van der Waals surface area (Å²) in [6.07, 6.45) is -8.31. The summed E-state index contributed by atoms with van der Waals surface area (Å²) in [6, 6.07) is -4.29. The van der Waals surface area contributed by atoms with E-state index in [2.05, 4.69) is 16.0 Å². The van der Waals surface area contributed by atoms with Gasteiger partial charge in [0.05, 0.1) is 12.5 Å². The fraction of sp³-hybridized carbons (Fsp3) is 0.696. The number of aliphatic carboxylic acids is 1. The lowest BCUT2D eigenvalue weighted by atomic mass is 9.98. The highest BCUT2D eigenvalue weighted by Crippen LogP contribution is 2.17. The molecule has 228 valence electrons. The lowest BCUT2D eigenvalue weighted by Crippen LogP contribution is -2.58. The molecule has 0 saturated carbocycles. The Morgan fingerprint density at radius 3 is 1.93 bits per heavy atom. The molecule has 0 spiro atoms. The van der Waals surface area contributed by atoms with Crippen molar-refractivity contribution >= 4 is 41.8 Å². The number of hydrogen-bond acceptors (Lipinski definition) is 11. The fourth-order valence-electron chi connectivity index (χ4n) is 3.49. The van der Waals surface area contributed by atoms with Crippen molar-refractivity contribution in [3.05, 3.63) is 0 Å². The van der Waals surface area contributed by atoms with E-state index < -0.39 is 103 Å². The molecule has 0 aromatic heterocycles. The van der Waals surface area contributed by atoms with E-state index in [1.807, 2.05) is 0 Å². The highest BCUT2D eigenvalue weighted by molar-refractivity contribution is 5.92. The Bertz CT molecular complexity index is 930. The third kappa shape index (κ3) is 11.6. The monoisotopic (exact) mass is 577 g/mol. The van der Waals surface area contributed by atoms with E-state index in [0.717, 1.165) is 13.8 Å². The van der Waals surface area contributed by atoms with Crippen LogP contribution in [0, 0.1) is 11.8 Å². The van der Waals surface area contributed by atoms with Gasteiger partial charge in [-0.15, -0.1) is 0 Å². The molecule has 0 bridgehead atoms. The van der Waals surface area contributed by atoms with Crippen molar-refractivity contribution in [2.75, 3.05) is 6.61 Å². The summed E-state index contributed by atoms with van der Waals surface area (Å²) >= 11 is 0. The van der Waals surface area contributed by atoms with Gasteiger partial charge in [-0.3, -0.25) is 24.0 Å². The maximum Gasteiger partial charge on any atom is 0.326 e. The zero-order valence-electron chi connectivity index (χ0n) is 22.6. The molecule has 0 radical (unpaired) electrons. The van der Waals surface area contributed by atoms with Crippen molar-refractivity contribution in [2.45, 2.75) is 83.1 Å². The van der Waals surface area contributed by atoms with E-state index in [-0.39, 0.29) is 12.7 Å².